The van der Waals surface area contributed by atoms with Crippen LogP contribution in [-0.2, 0) is 0 Å². The Bertz CT molecular complexity index is 343. The third kappa shape index (κ3) is 5.53. The van der Waals surface area contributed by atoms with Crippen molar-refractivity contribution in [3.63, 3.8) is 0 Å². The van der Waals surface area contributed by atoms with Gasteiger partial charge in [-0.2, -0.15) is 5.10 Å². The molecule has 0 aliphatic heterocycles. The Morgan fingerprint density at radius 1 is 1.18 bits per heavy atom. The first kappa shape index (κ1) is 15.7. The first-order valence-electron chi connectivity index (χ1n) is 5.96. The molecule has 0 bridgehead atoms. The number of aromatic nitrogens is 2. The summed E-state index contributed by atoms with van der Waals surface area (Å²) in [4.78, 5) is 0. The van der Waals surface area contributed by atoms with E-state index in [0.29, 0.717) is 5.92 Å². The Hall–Kier alpha value is -1.31. The smallest absolute Gasteiger partial charge is 0.0490 e. The zero-order chi connectivity index (χ0) is 12.0. The first-order valence-corrected chi connectivity index (χ1v) is 5.96. The van der Waals surface area contributed by atoms with Crippen molar-refractivity contribution in [1.29, 1.82) is 0 Å². The highest BCUT2D eigenvalue weighted by Crippen LogP contribution is 2.18. The molecule has 0 aromatic carbocycles. The molecule has 1 aromatic heterocycles. The molecule has 2 nitrogen and oxygen atoms in total. The predicted molar refractivity (Wildman–Crippen MR) is 76.1 cm³/mol. The maximum absolute atomic E-state index is 3.82. The lowest BCUT2D eigenvalue weighted by molar-refractivity contribution is 0.753. The second-order valence-electron chi connectivity index (χ2n) is 4.70. The highest BCUT2D eigenvalue weighted by atomic mass is 15.1. The van der Waals surface area contributed by atoms with Crippen LogP contribution in [0.2, 0.25) is 0 Å². The maximum Gasteiger partial charge on any atom is 0.0490 e. The lowest BCUT2D eigenvalue weighted by Crippen LogP contribution is -1.88. The van der Waals surface area contributed by atoms with Gasteiger partial charge in [0, 0.05) is 11.9 Å². The molecule has 2 heteroatoms. The van der Waals surface area contributed by atoms with E-state index in [9.17, 15) is 0 Å². The van der Waals surface area contributed by atoms with Gasteiger partial charge in [0.2, 0.25) is 0 Å². The molecule has 17 heavy (non-hydrogen) atoms. The number of aromatic amines is 1. The maximum atomic E-state index is 3.82. The molecule has 0 radical (unpaired) electrons. The summed E-state index contributed by atoms with van der Waals surface area (Å²) >= 11 is 0. The molecular formula is C15H26N2. The van der Waals surface area contributed by atoms with E-state index in [4.69, 9.17) is 0 Å². The third-order valence-electron chi connectivity index (χ3n) is 2.69. The van der Waals surface area contributed by atoms with E-state index in [-0.39, 0.29) is 7.43 Å². The van der Waals surface area contributed by atoms with Crippen molar-refractivity contribution in [3.05, 3.63) is 41.8 Å². The predicted octanol–water partition coefficient (Wildman–Crippen LogP) is 4.70. The topological polar surface area (TPSA) is 28.7 Å². The van der Waals surface area contributed by atoms with Gasteiger partial charge in [-0.05, 0) is 24.3 Å². The molecule has 0 amide bonds. The number of hydrogen-bond donors (Lipinski definition) is 1. The van der Waals surface area contributed by atoms with Crippen molar-refractivity contribution in [1.82, 2.24) is 10.2 Å². The monoisotopic (exact) mass is 234 g/mol. The number of hydrogen-bond acceptors (Lipinski definition) is 1. The van der Waals surface area contributed by atoms with Gasteiger partial charge in [-0.25, -0.2) is 0 Å². The highest BCUT2D eigenvalue weighted by molar-refractivity contribution is 5.23. The Labute approximate surface area is 106 Å². The second-order valence-corrected chi connectivity index (χ2v) is 4.70. The number of nitrogens with one attached hydrogen (secondary N) is 1. The van der Waals surface area contributed by atoms with Crippen LogP contribution < -0.4 is 0 Å². The SMILES string of the molecule is C.CC(C)C1=CC=CC1.CC(C)c1ccn[nH]1. The van der Waals surface area contributed by atoms with Crippen LogP contribution in [0.15, 0.2) is 36.1 Å². The molecule has 1 N–H and O–H groups in total. The van der Waals surface area contributed by atoms with Gasteiger partial charge in [-0.15, -0.1) is 0 Å². The number of rotatable bonds is 2. The molecule has 1 aliphatic rings. The minimum absolute atomic E-state index is 0. The molecule has 0 saturated carbocycles. The van der Waals surface area contributed by atoms with Gasteiger partial charge in [-0.3, -0.25) is 5.10 Å². The molecule has 1 aliphatic carbocycles. The van der Waals surface area contributed by atoms with Gasteiger partial charge >= 0.3 is 0 Å². The molecule has 0 spiro atoms. The summed E-state index contributed by atoms with van der Waals surface area (Å²) in [5.41, 5.74) is 2.76. The summed E-state index contributed by atoms with van der Waals surface area (Å²) in [5, 5.41) is 6.70. The molecule has 2 rings (SSSR count). The van der Waals surface area contributed by atoms with Gasteiger partial charge in [-0.1, -0.05) is 58.9 Å². The summed E-state index contributed by atoms with van der Waals surface area (Å²) in [6.07, 6.45) is 9.50. The Kier molecular flexibility index (Phi) is 7.27. The zero-order valence-electron chi connectivity index (χ0n) is 10.7. The highest BCUT2D eigenvalue weighted by Gasteiger charge is 2.01. The summed E-state index contributed by atoms with van der Waals surface area (Å²) < 4.78 is 0. The molecule has 1 heterocycles. The summed E-state index contributed by atoms with van der Waals surface area (Å²) in [6, 6.07) is 1.99. The van der Waals surface area contributed by atoms with Crippen LogP contribution in [0.3, 0.4) is 0 Å². The van der Waals surface area contributed by atoms with Crippen molar-refractivity contribution in [3.8, 4) is 0 Å². The van der Waals surface area contributed by atoms with Crippen molar-refractivity contribution in [2.45, 2.75) is 47.5 Å². The van der Waals surface area contributed by atoms with E-state index in [1.807, 2.05) is 6.07 Å². The van der Waals surface area contributed by atoms with Gasteiger partial charge in [0.15, 0.2) is 0 Å². The third-order valence-corrected chi connectivity index (χ3v) is 2.69. The van der Waals surface area contributed by atoms with Gasteiger partial charge in [0.1, 0.15) is 0 Å². The van der Waals surface area contributed by atoms with E-state index in [1.165, 1.54) is 12.1 Å². The van der Waals surface area contributed by atoms with Crippen LogP contribution in [0.4, 0.5) is 0 Å². The average molecular weight is 234 g/mol. The normalized spacial score (nSPS) is 13.2. The van der Waals surface area contributed by atoms with E-state index in [1.54, 1.807) is 11.8 Å². The average Bonchev–Trinajstić information content (AvgIpc) is 2.93. The van der Waals surface area contributed by atoms with Crippen molar-refractivity contribution in [2.75, 3.05) is 0 Å². The van der Waals surface area contributed by atoms with Crippen molar-refractivity contribution >= 4 is 0 Å². The first-order chi connectivity index (χ1) is 7.61. The van der Waals surface area contributed by atoms with E-state index >= 15 is 0 Å². The van der Waals surface area contributed by atoms with Gasteiger partial charge in [0.05, 0.1) is 0 Å². The van der Waals surface area contributed by atoms with Crippen LogP contribution >= 0.6 is 0 Å². The van der Waals surface area contributed by atoms with Crippen LogP contribution in [0, 0.1) is 5.92 Å². The largest absolute Gasteiger partial charge is 0.282 e. The Morgan fingerprint density at radius 3 is 2.12 bits per heavy atom. The van der Waals surface area contributed by atoms with E-state index < -0.39 is 0 Å². The standard InChI is InChI=1S/C8H12.C6H10N2.CH4/c1-7(2)8-5-3-4-6-8;1-5(2)6-3-4-7-8-6;/h3-5,7H,6H2,1-2H3;3-5H,1-2H3,(H,7,8);1H4. The zero-order valence-corrected chi connectivity index (χ0v) is 10.7. The molecular weight excluding hydrogens is 208 g/mol. The molecule has 0 saturated heterocycles. The molecule has 1 aromatic rings. The summed E-state index contributed by atoms with van der Waals surface area (Å²) in [5.74, 6) is 1.31. The Morgan fingerprint density at radius 2 is 1.88 bits per heavy atom. The quantitative estimate of drug-likeness (QED) is 0.789. The minimum atomic E-state index is 0. The second kappa shape index (κ2) is 7.88. The minimum Gasteiger partial charge on any atom is -0.282 e. The molecule has 0 unspecified atom stereocenters. The Balaban J connectivity index is 0.000000284. The van der Waals surface area contributed by atoms with Gasteiger partial charge < -0.3 is 0 Å². The van der Waals surface area contributed by atoms with Crippen LogP contribution in [0.25, 0.3) is 0 Å². The lowest BCUT2D eigenvalue weighted by atomic mass is 10.0. The van der Waals surface area contributed by atoms with Crippen molar-refractivity contribution in [2.24, 2.45) is 5.92 Å². The van der Waals surface area contributed by atoms with Gasteiger partial charge in [0.25, 0.3) is 0 Å². The number of nitrogens with zero attached hydrogens (tertiary/aromatic N) is 1. The lowest BCUT2D eigenvalue weighted by Gasteiger charge is -2.02. The molecule has 96 valence electrons. The van der Waals surface area contributed by atoms with Crippen LogP contribution in [0.5, 0.6) is 0 Å². The fourth-order valence-electron chi connectivity index (χ4n) is 1.48. The van der Waals surface area contributed by atoms with Crippen LogP contribution in [-0.4, -0.2) is 10.2 Å². The van der Waals surface area contributed by atoms with E-state index in [0.717, 1.165) is 5.92 Å². The number of H-pyrrole nitrogens is 1. The number of allylic oxidation sites excluding steroid dienone is 4. The summed E-state index contributed by atoms with van der Waals surface area (Å²) in [6.45, 7) is 8.73. The van der Waals surface area contributed by atoms with Crippen molar-refractivity contribution < 1.29 is 0 Å². The summed E-state index contributed by atoms with van der Waals surface area (Å²) in [7, 11) is 0. The molecule has 0 atom stereocenters. The molecule has 0 fully saturated rings. The van der Waals surface area contributed by atoms with Crippen LogP contribution in [0.1, 0.15) is 53.2 Å². The van der Waals surface area contributed by atoms with E-state index in [2.05, 4.69) is 56.1 Å². The fraction of sp³-hybridized carbons (Fsp3) is 0.533. The fourth-order valence-corrected chi connectivity index (χ4v) is 1.48.